The van der Waals surface area contributed by atoms with Crippen molar-refractivity contribution < 1.29 is 19.4 Å². The molecule has 204 valence electrons. The van der Waals surface area contributed by atoms with Gasteiger partial charge < -0.3 is 25.0 Å². The number of amides is 2. The third-order valence-corrected chi connectivity index (χ3v) is 6.38. The van der Waals surface area contributed by atoms with Crippen LogP contribution in [0.15, 0.2) is 48.7 Å². The van der Waals surface area contributed by atoms with E-state index in [1.807, 2.05) is 65.0 Å². The van der Waals surface area contributed by atoms with E-state index in [2.05, 4.69) is 15.3 Å². The van der Waals surface area contributed by atoms with E-state index in [9.17, 15) is 14.7 Å². The number of H-pyrrole nitrogens is 1. The summed E-state index contributed by atoms with van der Waals surface area (Å²) in [6.45, 7) is 14.9. The maximum Gasteiger partial charge on any atom is 0.408 e. The predicted molar refractivity (Wildman–Crippen MR) is 149 cm³/mol. The fourth-order valence-corrected chi connectivity index (χ4v) is 4.66. The van der Waals surface area contributed by atoms with Crippen molar-refractivity contribution in [2.45, 2.75) is 85.5 Å². The van der Waals surface area contributed by atoms with Gasteiger partial charge in [-0.2, -0.15) is 0 Å². The quantitative estimate of drug-likeness (QED) is 0.346. The highest BCUT2D eigenvalue weighted by Crippen LogP contribution is 2.27. The number of aromatic nitrogens is 2. The molecule has 8 nitrogen and oxygen atoms in total. The Morgan fingerprint density at radius 2 is 1.68 bits per heavy atom. The van der Waals surface area contributed by atoms with Gasteiger partial charge in [0, 0.05) is 12.5 Å². The first-order valence-electron chi connectivity index (χ1n) is 13.0. The van der Waals surface area contributed by atoms with Crippen LogP contribution in [0.2, 0.25) is 0 Å². The molecule has 2 atom stereocenters. The van der Waals surface area contributed by atoms with Gasteiger partial charge in [0.25, 0.3) is 0 Å². The normalized spacial score (nSPS) is 13.2. The molecule has 0 saturated heterocycles. The molecule has 8 heteroatoms. The Morgan fingerprint density at radius 3 is 2.24 bits per heavy atom. The lowest BCUT2D eigenvalue weighted by molar-refractivity contribution is -0.137. The monoisotopic (exact) mass is 520 g/mol. The van der Waals surface area contributed by atoms with Gasteiger partial charge in [0.1, 0.15) is 23.2 Å². The number of carbonyl (C=O) groups is 2. The van der Waals surface area contributed by atoms with Crippen molar-refractivity contribution in [1.29, 1.82) is 0 Å². The summed E-state index contributed by atoms with van der Waals surface area (Å²) in [5, 5.41) is 12.8. The molecule has 0 fully saturated rings. The summed E-state index contributed by atoms with van der Waals surface area (Å²) in [7, 11) is 0. The zero-order valence-electron chi connectivity index (χ0n) is 23.6. The molecule has 3 aromatic rings. The first kappa shape index (κ1) is 28.8. The van der Waals surface area contributed by atoms with Gasteiger partial charge in [0.2, 0.25) is 5.91 Å². The summed E-state index contributed by atoms with van der Waals surface area (Å²) in [4.78, 5) is 36.6. The molecule has 38 heavy (non-hydrogen) atoms. The van der Waals surface area contributed by atoms with Crippen LogP contribution < -0.4 is 5.32 Å². The molecule has 0 aliphatic heterocycles. The van der Waals surface area contributed by atoms with Gasteiger partial charge in [-0.3, -0.25) is 4.79 Å². The fraction of sp³-hybridized carbons (Fsp3) is 0.433. The van der Waals surface area contributed by atoms with Crippen LogP contribution in [0.4, 0.5) is 4.79 Å². The highest BCUT2D eigenvalue weighted by molar-refractivity contribution is 5.86. The van der Waals surface area contributed by atoms with Crippen molar-refractivity contribution in [3.05, 3.63) is 71.2 Å². The molecule has 1 aromatic heterocycles. The fourth-order valence-electron chi connectivity index (χ4n) is 4.66. The molecule has 2 amide bonds. The number of imidazole rings is 1. The van der Waals surface area contributed by atoms with E-state index in [0.717, 1.165) is 27.9 Å². The number of hydrogen-bond acceptors (Lipinski definition) is 5. The van der Waals surface area contributed by atoms with E-state index in [1.54, 1.807) is 44.0 Å². The molecule has 2 aromatic carbocycles. The van der Waals surface area contributed by atoms with Gasteiger partial charge in [0.05, 0.1) is 17.9 Å². The second-order valence-corrected chi connectivity index (χ2v) is 11.0. The lowest BCUT2D eigenvalue weighted by Gasteiger charge is -2.35. The largest absolute Gasteiger partial charge is 0.508 e. The highest BCUT2D eigenvalue weighted by Gasteiger charge is 2.34. The molecule has 0 aliphatic rings. The number of alkyl carbamates (subject to hydrolysis) is 1. The lowest BCUT2D eigenvalue weighted by atomic mass is 9.95. The maximum absolute atomic E-state index is 14.1. The molecule has 0 bridgehead atoms. The topological polar surface area (TPSA) is 108 Å². The van der Waals surface area contributed by atoms with E-state index in [4.69, 9.17) is 4.74 Å². The van der Waals surface area contributed by atoms with Crippen molar-refractivity contribution in [1.82, 2.24) is 20.2 Å². The third kappa shape index (κ3) is 7.15. The second-order valence-electron chi connectivity index (χ2n) is 11.0. The van der Waals surface area contributed by atoms with E-state index in [0.29, 0.717) is 5.82 Å². The van der Waals surface area contributed by atoms with E-state index < -0.39 is 17.7 Å². The Kier molecular flexibility index (Phi) is 8.86. The molecule has 3 N–H and O–H groups in total. The SMILES string of the molecule is Cc1cc(O)cc(C)c1CC(NC(=O)OC(C)(C)C)C(=O)N(C(C)C)C(C)c1ncc(-c2ccccc2)[nH]1. The van der Waals surface area contributed by atoms with Crippen LogP contribution in [0.5, 0.6) is 5.75 Å². The van der Waals surface area contributed by atoms with Crippen LogP contribution >= 0.6 is 0 Å². The molecule has 0 spiro atoms. The number of benzene rings is 2. The molecule has 1 heterocycles. The van der Waals surface area contributed by atoms with Crippen LogP contribution in [0.1, 0.15) is 70.1 Å². The molecule has 0 aliphatic carbocycles. The van der Waals surface area contributed by atoms with E-state index in [1.165, 1.54) is 0 Å². The molecule has 0 saturated carbocycles. The Morgan fingerprint density at radius 1 is 1.08 bits per heavy atom. The zero-order valence-corrected chi connectivity index (χ0v) is 23.6. The molecular formula is C30H40N4O4. The van der Waals surface area contributed by atoms with Gasteiger partial charge in [-0.25, -0.2) is 9.78 Å². The number of ether oxygens (including phenoxy) is 1. The number of aromatic amines is 1. The van der Waals surface area contributed by atoms with Crippen LogP contribution in [0, 0.1) is 13.8 Å². The van der Waals surface area contributed by atoms with Crippen molar-refractivity contribution in [2.24, 2.45) is 0 Å². The average Bonchev–Trinajstić information content (AvgIpc) is 3.30. The first-order chi connectivity index (χ1) is 17.8. The number of aromatic hydroxyl groups is 1. The first-order valence-corrected chi connectivity index (χ1v) is 13.0. The Hall–Kier alpha value is -3.81. The highest BCUT2D eigenvalue weighted by atomic mass is 16.6. The molecule has 3 rings (SSSR count). The van der Waals surface area contributed by atoms with Crippen LogP contribution in [-0.2, 0) is 16.0 Å². The van der Waals surface area contributed by atoms with E-state index >= 15 is 0 Å². The standard InChI is InChI=1S/C30H40N4O4/c1-18(2)34(21(5)27-31-17-26(32-27)22-12-10-9-11-13-22)28(36)25(33-29(37)38-30(6,7)8)16-24-19(3)14-23(35)15-20(24)4/h9-15,17-18,21,25,35H,16H2,1-8H3,(H,31,32)(H,33,37). The maximum atomic E-state index is 14.1. The summed E-state index contributed by atoms with van der Waals surface area (Å²) in [6.07, 6.45) is 1.36. The van der Waals surface area contributed by atoms with Gasteiger partial charge in [-0.1, -0.05) is 30.3 Å². The van der Waals surface area contributed by atoms with Gasteiger partial charge in [-0.05, 0) is 89.8 Å². The third-order valence-electron chi connectivity index (χ3n) is 6.38. The minimum absolute atomic E-state index is 0.163. The van der Waals surface area contributed by atoms with Crippen molar-refractivity contribution >= 4 is 12.0 Å². The summed E-state index contributed by atoms with van der Waals surface area (Å²) in [5.41, 5.74) is 3.72. The van der Waals surface area contributed by atoms with Crippen molar-refractivity contribution in [3.8, 4) is 17.0 Å². The van der Waals surface area contributed by atoms with Crippen LogP contribution in [0.25, 0.3) is 11.3 Å². The predicted octanol–water partition coefficient (Wildman–Crippen LogP) is 5.83. The van der Waals surface area contributed by atoms with Gasteiger partial charge in [-0.15, -0.1) is 0 Å². The Labute approximate surface area is 225 Å². The summed E-state index contributed by atoms with van der Waals surface area (Å²) >= 11 is 0. The molecule has 0 radical (unpaired) electrons. The van der Waals surface area contributed by atoms with E-state index in [-0.39, 0.29) is 30.2 Å². The Balaban J connectivity index is 1.95. The number of rotatable bonds is 8. The molecule has 2 unspecified atom stereocenters. The zero-order chi connectivity index (χ0) is 28.2. The minimum atomic E-state index is -0.889. The number of phenols is 1. The smallest absolute Gasteiger partial charge is 0.408 e. The van der Waals surface area contributed by atoms with Gasteiger partial charge >= 0.3 is 6.09 Å². The van der Waals surface area contributed by atoms with Crippen LogP contribution in [-0.4, -0.2) is 49.7 Å². The number of carbonyl (C=O) groups excluding carboxylic acids is 2. The van der Waals surface area contributed by atoms with Crippen molar-refractivity contribution in [2.75, 3.05) is 0 Å². The van der Waals surface area contributed by atoms with Crippen molar-refractivity contribution in [3.63, 3.8) is 0 Å². The number of phenolic OH excluding ortho intramolecular Hbond substituents is 1. The average molecular weight is 521 g/mol. The molecular weight excluding hydrogens is 480 g/mol. The summed E-state index contributed by atoms with van der Waals surface area (Å²) in [6, 6.07) is 11.7. The van der Waals surface area contributed by atoms with Crippen LogP contribution in [0.3, 0.4) is 0 Å². The lowest BCUT2D eigenvalue weighted by Crippen LogP contribution is -2.53. The number of nitrogens with zero attached hydrogens (tertiary/aromatic N) is 2. The minimum Gasteiger partial charge on any atom is -0.508 e. The number of aryl methyl sites for hydroxylation is 2. The number of hydrogen-bond donors (Lipinski definition) is 3. The summed E-state index contributed by atoms with van der Waals surface area (Å²) < 4.78 is 5.49. The Bertz CT molecular complexity index is 1240. The summed E-state index contributed by atoms with van der Waals surface area (Å²) in [5.74, 6) is 0.568. The number of nitrogens with one attached hydrogen (secondary N) is 2. The second kappa shape index (κ2) is 11.7. The van der Waals surface area contributed by atoms with Gasteiger partial charge in [0.15, 0.2) is 0 Å².